The fourth-order valence-corrected chi connectivity index (χ4v) is 5.91. The van der Waals surface area contributed by atoms with Gasteiger partial charge in [-0.3, -0.25) is 4.79 Å². The highest BCUT2D eigenvalue weighted by molar-refractivity contribution is 6.10. The number of benzene rings is 4. The highest BCUT2D eigenvalue weighted by atomic mass is 19.1. The van der Waals surface area contributed by atoms with Gasteiger partial charge in [-0.15, -0.1) is 0 Å². The normalized spacial score (nSPS) is 18.9. The number of nitrogens with zero attached hydrogens (tertiary/aromatic N) is 3. The number of nitrogens with one attached hydrogen (secondary N) is 1. The number of carboxylic acid groups (broad SMARTS) is 1. The molecule has 1 spiro atoms. The van der Waals surface area contributed by atoms with E-state index in [1.54, 1.807) is 36.1 Å². The highest BCUT2D eigenvalue weighted by Crippen LogP contribution is 2.65. The quantitative estimate of drug-likeness (QED) is 0.285. The maximum absolute atomic E-state index is 15.3. The van der Waals surface area contributed by atoms with Crippen LogP contribution in [0.1, 0.15) is 39.4 Å². The third kappa shape index (κ3) is 3.64. The van der Waals surface area contributed by atoms with Crippen molar-refractivity contribution in [2.75, 3.05) is 5.32 Å². The Labute approximate surface area is 228 Å². The predicted molar refractivity (Wildman–Crippen MR) is 148 cm³/mol. The number of fused-ring (bicyclic) bond motifs is 2. The second kappa shape index (κ2) is 8.71. The van der Waals surface area contributed by atoms with Gasteiger partial charge in [0.25, 0.3) is 0 Å². The second-order valence-corrected chi connectivity index (χ2v) is 10.4. The Hall–Kier alpha value is -5.11. The fraction of sp³-hybridized carbons (Fsp3) is 0.125. The van der Waals surface area contributed by atoms with Crippen LogP contribution < -0.4 is 5.32 Å². The summed E-state index contributed by atoms with van der Waals surface area (Å²) in [7, 11) is 0. The molecule has 2 unspecified atom stereocenters. The molecule has 2 aliphatic rings. The van der Waals surface area contributed by atoms with E-state index in [9.17, 15) is 14.7 Å². The van der Waals surface area contributed by atoms with Crippen molar-refractivity contribution < 1.29 is 19.1 Å². The summed E-state index contributed by atoms with van der Waals surface area (Å²) in [5.41, 5.74) is 6.13. The summed E-state index contributed by atoms with van der Waals surface area (Å²) in [6, 6.07) is 24.1. The van der Waals surface area contributed by atoms with Gasteiger partial charge in [-0.05, 0) is 77.1 Å². The first-order valence-corrected chi connectivity index (χ1v) is 12.9. The number of rotatable bonds is 5. The maximum atomic E-state index is 15.3. The average Bonchev–Trinajstić information content (AvgIpc) is 3.34. The first-order valence-electron chi connectivity index (χ1n) is 12.9. The number of carbonyl (C=O) groups is 2. The number of hydrogen-bond donors (Lipinski definition) is 2. The number of hydrogen-bond acceptors (Lipinski definition) is 4. The van der Waals surface area contributed by atoms with Gasteiger partial charge >= 0.3 is 5.97 Å². The van der Waals surface area contributed by atoms with Gasteiger partial charge in [0.2, 0.25) is 5.91 Å². The van der Waals surface area contributed by atoms with Crippen molar-refractivity contribution in [1.82, 2.24) is 14.8 Å². The van der Waals surface area contributed by atoms with Crippen LogP contribution in [0.3, 0.4) is 0 Å². The van der Waals surface area contributed by atoms with Gasteiger partial charge < -0.3 is 10.4 Å². The lowest BCUT2D eigenvalue weighted by molar-refractivity contribution is -0.118. The van der Waals surface area contributed by atoms with Crippen molar-refractivity contribution in [3.8, 4) is 27.9 Å². The number of carbonyl (C=O) groups excluding carboxylic acids is 1. The molecule has 5 aromatic rings. The molecule has 2 atom stereocenters. The molecule has 1 amide bonds. The minimum absolute atomic E-state index is 0.173. The van der Waals surface area contributed by atoms with E-state index in [0.29, 0.717) is 28.8 Å². The molecule has 8 heteroatoms. The topological polar surface area (TPSA) is 97.1 Å². The molecule has 1 fully saturated rings. The third-order valence-corrected chi connectivity index (χ3v) is 8.18. The molecule has 7 nitrogen and oxygen atoms in total. The van der Waals surface area contributed by atoms with E-state index in [4.69, 9.17) is 0 Å². The molecule has 0 bridgehead atoms. The Balaban J connectivity index is 1.20. The fourth-order valence-electron chi connectivity index (χ4n) is 5.91. The number of aromatic carboxylic acids is 1. The Morgan fingerprint density at radius 3 is 2.38 bits per heavy atom. The van der Waals surface area contributed by atoms with E-state index in [1.807, 2.05) is 54.6 Å². The smallest absolute Gasteiger partial charge is 0.335 e. The van der Waals surface area contributed by atoms with E-state index in [-0.39, 0.29) is 17.4 Å². The summed E-state index contributed by atoms with van der Waals surface area (Å²) < 4.78 is 17.0. The van der Waals surface area contributed by atoms with Crippen molar-refractivity contribution in [2.45, 2.75) is 24.7 Å². The van der Waals surface area contributed by atoms with Crippen LogP contribution in [0.2, 0.25) is 0 Å². The summed E-state index contributed by atoms with van der Waals surface area (Å²) >= 11 is 0. The lowest BCUT2D eigenvalue weighted by Crippen LogP contribution is -2.21. The Morgan fingerprint density at radius 2 is 1.70 bits per heavy atom. The van der Waals surface area contributed by atoms with Crippen molar-refractivity contribution in [2.24, 2.45) is 0 Å². The minimum Gasteiger partial charge on any atom is -0.478 e. The number of halogens is 1. The van der Waals surface area contributed by atoms with Gasteiger partial charge in [0, 0.05) is 17.2 Å². The van der Waals surface area contributed by atoms with Crippen LogP contribution in [-0.4, -0.2) is 31.7 Å². The highest BCUT2D eigenvalue weighted by Gasteiger charge is 2.65. The summed E-state index contributed by atoms with van der Waals surface area (Å²) in [5, 5.41) is 16.6. The third-order valence-electron chi connectivity index (χ3n) is 8.18. The van der Waals surface area contributed by atoms with Gasteiger partial charge in [0.15, 0.2) is 0 Å². The maximum Gasteiger partial charge on any atom is 0.335 e. The molecule has 2 heterocycles. The molecular weight excluding hydrogens is 507 g/mol. The van der Waals surface area contributed by atoms with Gasteiger partial charge in [-0.1, -0.05) is 48.5 Å². The van der Waals surface area contributed by atoms with Crippen LogP contribution in [0.4, 0.5) is 10.1 Å². The zero-order chi connectivity index (χ0) is 27.6. The zero-order valence-corrected chi connectivity index (χ0v) is 21.4. The summed E-state index contributed by atoms with van der Waals surface area (Å²) in [5.74, 6) is -1.76. The van der Waals surface area contributed by atoms with Gasteiger partial charge in [0.05, 0.1) is 16.7 Å². The van der Waals surface area contributed by atoms with Gasteiger partial charge in [-0.25, -0.2) is 18.9 Å². The molecule has 4 aromatic carbocycles. The zero-order valence-electron chi connectivity index (χ0n) is 21.4. The molecule has 7 rings (SSSR count). The molecule has 1 aliphatic heterocycles. The second-order valence-electron chi connectivity index (χ2n) is 10.4. The molecule has 2 N–H and O–H groups in total. The Morgan fingerprint density at radius 1 is 1.00 bits per heavy atom. The van der Waals surface area contributed by atoms with Crippen LogP contribution in [0.15, 0.2) is 91.5 Å². The van der Waals surface area contributed by atoms with Crippen molar-refractivity contribution in [1.29, 1.82) is 0 Å². The van der Waals surface area contributed by atoms with Crippen molar-refractivity contribution in [3.63, 3.8) is 0 Å². The Kier molecular flexibility index (Phi) is 5.22. The minimum atomic E-state index is -0.996. The van der Waals surface area contributed by atoms with Gasteiger partial charge in [-0.2, -0.15) is 5.10 Å². The van der Waals surface area contributed by atoms with Crippen LogP contribution in [0.5, 0.6) is 0 Å². The van der Waals surface area contributed by atoms with E-state index in [1.165, 1.54) is 12.4 Å². The van der Waals surface area contributed by atoms with Crippen molar-refractivity contribution >= 4 is 17.6 Å². The molecule has 0 radical (unpaired) electrons. The van der Waals surface area contributed by atoms with Gasteiger partial charge in [0.1, 0.15) is 18.5 Å². The average molecular weight is 531 g/mol. The lowest BCUT2D eigenvalue weighted by Gasteiger charge is -2.13. The van der Waals surface area contributed by atoms with E-state index >= 15 is 4.39 Å². The molecule has 1 aromatic heterocycles. The summed E-state index contributed by atoms with van der Waals surface area (Å²) in [6.07, 6.45) is 3.67. The molecule has 1 saturated carbocycles. The number of anilines is 1. The van der Waals surface area contributed by atoms with Crippen LogP contribution in [0, 0.1) is 12.7 Å². The number of amides is 1. The standard InChI is InChI=1S/C32H23FN4O3/c1-18-2-3-22(12-24(18)30(38)39)27-15-32(27)26-13-25(28(33)14-29(26)36-31(32)40)21-6-4-19(5-7-21)20-8-10-23(11-9-20)37-17-34-16-35-37/h2-14,16-17,27H,15H2,1H3,(H,36,40)(H,38,39). The summed E-state index contributed by atoms with van der Waals surface area (Å²) in [4.78, 5) is 28.8. The molecule has 196 valence electrons. The number of aryl methyl sites for hydroxylation is 1. The summed E-state index contributed by atoms with van der Waals surface area (Å²) in [6.45, 7) is 1.75. The number of aromatic nitrogens is 3. The lowest BCUT2D eigenvalue weighted by atomic mass is 9.88. The van der Waals surface area contributed by atoms with Crippen LogP contribution in [-0.2, 0) is 10.2 Å². The van der Waals surface area contributed by atoms with E-state index in [2.05, 4.69) is 15.4 Å². The Bertz CT molecular complexity index is 1810. The number of carboxylic acids is 1. The molecule has 1 aliphatic carbocycles. The first kappa shape index (κ1) is 24.0. The largest absolute Gasteiger partial charge is 0.478 e. The first-order chi connectivity index (χ1) is 19.3. The van der Waals surface area contributed by atoms with Crippen LogP contribution in [0.25, 0.3) is 27.9 Å². The predicted octanol–water partition coefficient (Wildman–Crippen LogP) is 6.12. The SMILES string of the molecule is Cc1ccc(C2CC23C(=O)Nc2cc(F)c(-c4ccc(-c5ccc(-n6cncn6)cc5)cc4)cc23)cc1C(=O)O. The monoisotopic (exact) mass is 530 g/mol. The van der Waals surface area contributed by atoms with Crippen LogP contribution >= 0.6 is 0 Å². The molecular formula is C32H23FN4O3. The molecule has 0 saturated heterocycles. The van der Waals surface area contributed by atoms with E-state index in [0.717, 1.165) is 27.9 Å². The van der Waals surface area contributed by atoms with E-state index < -0.39 is 17.2 Å². The molecule has 40 heavy (non-hydrogen) atoms. The van der Waals surface area contributed by atoms with Crippen molar-refractivity contribution in [3.05, 3.63) is 120 Å².